The Balaban J connectivity index is 0.961. The topological polar surface area (TPSA) is 964 Å². The zero-order chi connectivity index (χ0) is 105. The van der Waals surface area contributed by atoms with Gasteiger partial charge in [0.25, 0.3) is 0 Å². The van der Waals surface area contributed by atoms with E-state index >= 15 is 0 Å². The molecule has 0 bridgehead atoms. The quantitative estimate of drug-likeness (QED) is 0.0273. The van der Waals surface area contributed by atoms with Gasteiger partial charge in [-0.15, -0.1) is 0 Å². The number of aliphatic hydroxyl groups is 28. The van der Waals surface area contributed by atoms with Crippen LogP contribution in [0.15, 0.2) is 0 Å². The van der Waals surface area contributed by atoms with E-state index in [1.807, 2.05) is 0 Å². The first kappa shape index (κ1) is 118. The zero-order valence-corrected chi connectivity index (χ0v) is 77.5. The van der Waals surface area contributed by atoms with E-state index in [4.69, 9.17) is 99.5 Å². The van der Waals surface area contributed by atoms with Gasteiger partial charge in [0.1, 0.15) is 268 Å². The Kier molecular flexibility index (Phi) is 42.7. The standard InChI is InChI=1S/C80H133N7O56/c1-19(97)81-37-55(115)62(31(13-93)125-70(37)122)136-76-43(87-25(7)103)57(117)64(33(15-95)132-76)139-78-61(121)67(141-80-69(143-75-41(85-23(5)101)54(114)47(107)29(11-91)129-75)59(119)65(34(16-96)133-80)137-72-38(82-20(2)98)51(111)44(104)26(8-88)126-72)50(110)36(134-78)18-124-79-68(142-74-40(84-22(4)100)53(113)46(106)28(10-90)128-74)58(118)48(108)35(135-79)17-123-71-42(86-24(6)102)56(116)63(32(14-94)131-71)138-77-60(120)66(49(109)30(12-92)130-77)140-73-39(83-21(3)99)52(112)45(105)27(9-89)127-73/h26-80,88-96,104-122H,8-18H2,1-7H3,(H,81,97)(H,82,98)(H,83,99)(H,84,100)(H,85,101)(H,86,102)(H,87,103)/t26-,27-,28-,29-,30-,31-,32-,33-,34-,35-,36-,37-,38-,39-,40-,41+,42-,43-,44-,45-,46-,47-,48-,49+,50-,51-,52-,53-,54-,55-,56-,57-,58+,59+,60-,61+,62-,63-,64-,65-,66+,67+,68+,69+,70-,71-,72+,73+,74+,75+,76+,77+,78+,79+,80-/m1/s1. The van der Waals surface area contributed by atoms with E-state index in [0.29, 0.717) is 0 Å². The second-order valence-electron chi connectivity index (χ2n) is 36.0. The first-order valence-electron chi connectivity index (χ1n) is 45.6. The van der Waals surface area contributed by atoms with Crippen molar-refractivity contribution in [3.05, 3.63) is 0 Å². The van der Waals surface area contributed by atoms with Gasteiger partial charge in [0.15, 0.2) is 69.2 Å². The van der Waals surface area contributed by atoms with Crippen LogP contribution in [0.1, 0.15) is 48.5 Å². The summed E-state index contributed by atoms with van der Waals surface area (Å²) in [5, 5.41) is 336. The van der Waals surface area contributed by atoms with E-state index in [9.17, 15) is 177 Å². The van der Waals surface area contributed by atoms with Gasteiger partial charge in [0.2, 0.25) is 41.4 Å². The normalized spacial score (nSPS) is 47.3. The van der Waals surface area contributed by atoms with Crippen molar-refractivity contribution in [3.8, 4) is 0 Å². The zero-order valence-electron chi connectivity index (χ0n) is 77.5. The van der Waals surface area contributed by atoms with Crippen molar-refractivity contribution >= 4 is 41.4 Å². The van der Waals surface area contributed by atoms with E-state index in [2.05, 4.69) is 37.2 Å². The van der Waals surface area contributed by atoms with Gasteiger partial charge in [-0.1, -0.05) is 0 Å². The molecule has 0 aromatic heterocycles. The lowest BCUT2D eigenvalue weighted by molar-refractivity contribution is -0.403. The molecule has 35 N–H and O–H groups in total. The van der Waals surface area contributed by atoms with E-state index in [-0.39, 0.29) is 0 Å². The summed E-state index contributed by atoms with van der Waals surface area (Å²) in [6, 6.07) is -13.1. The van der Waals surface area contributed by atoms with Crippen molar-refractivity contribution in [3.63, 3.8) is 0 Å². The molecule has 63 nitrogen and oxygen atoms in total. The van der Waals surface area contributed by atoms with E-state index in [0.717, 1.165) is 48.5 Å². The molecule has 143 heavy (non-hydrogen) atoms. The highest BCUT2D eigenvalue weighted by Gasteiger charge is 2.63. The highest BCUT2D eigenvalue weighted by Crippen LogP contribution is 2.42. The number of amides is 7. The van der Waals surface area contributed by atoms with Crippen LogP contribution in [0.5, 0.6) is 0 Å². The van der Waals surface area contributed by atoms with E-state index < -0.39 is 451 Å². The van der Waals surface area contributed by atoms with Gasteiger partial charge in [-0.3, -0.25) is 33.6 Å². The molecule has 55 atom stereocenters. The fraction of sp³-hybridized carbons (Fsp3) is 0.912. The highest BCUT2D eigenvalue weighted by atomic mass is 16.8. The fourth-order valence-electron chi connectivity index (χ4n) is 18.5. The minimum absolute atomic E-state index is 0.824. The number of carbonyl (C=O) groups is 7. The van der Waals surface area contributed by atoms with Gasteiger partial charge < -0.3 is 280 Å². The smallest absolute Gasteiger partial charge is 0.217 e. The molecule has 0 aliphatic carbocycles. The number of ether oxygens (including phenoxy) is 21. The number of hydrogen-bond acceptors (Lipinski definition) is 56. The number of hydrogen-bond donors (Lipinski definition) is 35. The molecule has 11 aliphatic heterocycles. The monoisotopic (exact) mass is 2090 g/mol. The van der Waals surface area contributed by atoms with Crippen LogP contribution in [0, 0.1) is 0 Å². The predicted molar refractivity (Wildman–Crippen MR) is 444 cm³/mol. The average molecular weight is 2090 g/mol. The van der Waals surface area contributed by atoms with Crippen molar-refractivity contribution < 1.29 is 276 Å². The Morgan fingerprint density at radius 2 is 0.385 bits per heavy atom. The van der Waals surface area contributed by atoms with Crippen molar-refractivity contribution in [1.82, 2.24) is 37.2 Å². The number of carbonyl (C=O) groups excluding carboxylic acids is 7. The molecule has 0 aromatic rings. The van der Waals surface area contributed by atoms with Gasteiger partial charge in [-0.05, 0) is 0 Å². The molecular formula is C80H133N7O56. The average Bonchev–Trinajstić information content (AvgIpc) is 0.796. The summed E-state index contributed by atoms with van der Waals surface area (Å²) in [6.07, 6.45) is -104. The third-order valence-corrected chi connectivity index (χ3v) is 25.8. The van der Waals surface area contributed by atoms with Gasteiger partial charge in [0, 0.05) is 48.5 Å². The minimum atomic E-state index is -2.73. The van der Waals surface area contributed by atoms with Crippen molar-refractivity contribution in [2.75, 3.05) is 72.7 Å². The molecule has 0 aromatic carbocycles. The lowest BCUT2D eigenvalue weighted by Crippen LogP contribution is -2.71. The van der Waals surface area contributed by atoms with Crippen LogP contribution in [0.3, 0.4) is 0 Å². The summed E-state index contributed by atoms with van der Waals surface area (Å²) in [5.41, 5.74) is 0. The van der Waals surface area contributed by atoms with Crippen LogP contribution < -0.4 is 37.2 Å². The second-order valence-corrected chi connectivity index (χ2v) is 36.0. The molecule has 11 aliphatic rings. The lowest BCUT2D eigenvalue weighted by Gasteiger charge is -2.51. The maximum absolute atomic E-state index is 13.3. The van der Waals surface area contributed by atoms with E-state index in [1.54, 1.807) is 0 Å². The van der Waals surface area contributed by atoms with Crippen LogP contribution in [0.2, 0.25) is 0 Å². The SMILES string of the molecule is CC(=O)N[C@@H]1[C@H](O[C@@H]2[C@@H](O[C@@H]3[C@H](O)[C@H](O[C@H]4[C@H](O)[C@@H](NC(C)=O)[C@H](O[C@H]5[C@H](O)[C@@H](NC(C)=O)[C@H](O)O[C@@H]5CO)O[C@@H]4CO)O[C@H](CO[C@H]4O[C@H](CO[C@@H]5O[C@H](CO)[C@@H](O[C@@H]6O[C@H](CO)[C@H](O)[C@H](O[C@@H]7O[C@H](CO)[C@@H](O)[C@H](O)[C@H]7NC(C)=O)[C@H]6O)[C@H](O)[C@H]5NC(C)=O)[C@@H](O)[C@H](O)[C@@H]4O[C@@H]4O[C@H](CO)[C@@H](O)[C@H](O)[C@H]4NC(C)=O)[C@H]3O)O[C@H](CO)[C@@H](O[C@@H]3O[C@H](CO)[C@@H](O)[C@H](O)[C@H]3NC(C)=O)[C@@H]2O)O[C@H](CO)[C@@H](O)[C@@H]1O. The van der Waals surface area contributed by atoms with Crippen LogP contribution in [-0.2, 0) is 133 Å². The summed E-state index contributed by atoms with van der Waals surface area (Å²) in [5.74, 6) is -6.48. The summed E-state index contributed by atoms with van der Waals surface area (Å²) in [6.45, 7) is -6.18. The van der Waals surface area contributed by atoms with Gasteiger partial charge >= 0.3 is 0 Å². The molecule has 7 amide bonds. The second kappa shape index (κ2) is 51.9. The number of rotatable bonds is 38. The van der Waals surface area contributed by atoms with E-state index in [1.165, 1.54) is 0 Å². The fourth-order valence-corrected chi connectivity index (χ4v) is 18.5. The molecule has 63 heteroatoms. The molecule has 0 unspecified atom stereocenters. The molecular weight excluding hydrogens is 1950 g/mol. The molecule has 11 rings (SSSR count). The third kappa shape index (κ3) is 26.9. The lowest BCUT2D eigenvalue weighted by atomic mass is 9.93. The number of nitrogens with one attached hydrogen (secondary N) is 7. The molecule has 11 saturated heterocycles. The largest absolute Gasteiger partial charge is 0.394 e. The number of aliphatic hydroxyl groups excluding tert-OH is 28. The minimum Gasteiger partial charge on any atom is -0.394 e. The third-order valence-electron chi connectivity index (χ3n) is 25.8. The Morgan fingerprint density at radius 1 is 0.182 bits per heavy atom. The molecule has 11 heterocycles. The molecule has 824 valence electrons. The summed E-state index contributed by atoms with van der Waals surface area (Å²) in [7, 11) is 0. The van der Waals surface area contributed by atoms with Crippen LogP contribution >= 0.6 is 0 Å². The maximum atomic E-state index is 13.3. The van der Waals surface area contributed by atoms with Gasteiger partial charge in [0.05, 0.1) is 72.7 Å². The highest BCUT2D eigenvalue weighted by molar-refractivity contribution is 5.75. The maximum Gasteiger partial charge on any atom is 0.217 e. The first-order chi connectivity index (χ1) is 67.6. The predicted octanol–water partition coefficient (Wildman–Crippen LogP) is -24.0. The summed E-state index contributed by atoms with van der Waals surface area (Å²) >= 11 is 0. The summed E-state index contributed by atoms with van der Waals surface area (Å²) < 4.78 is 127. The van der Waals surface area contributed by atoms with Gasteiger partial charge in [-0.2, -0.15) is 0 Å². The summed E-state index contributed by atoms with van der Waals surface area (Å²) in [4.78, 5) is 89.7. The Bertz CT molecular complexity index is 4050. The Hall–Kier alpha value is -5.67. The van der Waals surface area contributed by atoms with Crippen molar-refractivity contribution in [2.45, 2.75) is 386 Å². The molecule has 0 saturated carbocycles. The molecule has 0 spiro atoms. The Labute approximate surface area is 810 Å². The Morgan fingerprint density at radius 3 is 0.727 bits per heavy atom. The van der Waals surface area contributed by atoms with Crippen molar-refractivity contribution in [2.24, 2.45) is 0 Å². The van der Waals surface area contributed by atoms with Gasteiger partial charge in [-0.25, -0.2) is 0 Å². The van der Waals surface area contributed by atoms with Crippen LogP contribution in [-0.4, -0.2) is 594 Å². The van der Waals surface area contributed by atoms with Crippen molar-refractivity contribution in [1.29, 1.82) is 0 Å². The van der Waals surface area contributed by atoms with Crippen LogP contribution in [0.25, 0.3) is 0 Å². The molecule has 11 fully saturated rings. The molecule has 0 radical (unpaired) electrons. The first-order valence-corrected chi connectivity index (χ1v) is 45.6. The van der Waals surface area contributed by atoms with Crippen LogP contribution in [0.4, 0.5) is 0 Å².